The first-order valence-corrected chi connectivity index (χ1v) is 5.90. The van der Waals surface area contributed by atoms with E-state index >= 15 is 0 Å². The van der Waals surface area contributed by atoms with Crippen LogP contribution in [0.2, 0.25) is 0 Å². The Balaban J connectivity index is 1.91. The standard InChI is InChI=1S/C13H18FNO/c14-12-5-3-11(4-6-12)13(16)8-10-2-1-7-15-9-10/h3-6,10,13,15-16H,1-2,7-9H2. The van der Waals surface area contributed by atoms with Crippen molar-refractivity contribution in [3.8, 4) is 0 Å². The summed E-state index contributed by atoms with van der Waals surface area (Å²) in [6, 6.07) is 6.13. The lowest BCUT2D eigenvalue weighted by Gasteiger charge is -2.25. The van der Waals surface area contributed by atoms with Gasteiger partial charge in [-0.3, -0.25) is 0 Å². The first kappa shape index (κ1) is 11.6. The number of halogens is 1. The Morgan fingerprint density at radius 3 is 2.75 bits per heavy atom. The summed E-state index contributed by atoms with van der Waals surface area (Å²) in [7, 11) is 0. The van der Waals surface area contributed by atoms with Crippen molar-refractivity contribution in [2.45, 2.75) is 25.4 Å². The van der Waals surface area contributed by atoms with Gasteiger partial charge in [-0.25, -0.2) is 4.39 Å². The Hall–Kier alpha value is -0.930. The quantitative estimate of drug-likeness (QED) is 0.823. The molecule has 1 aromatic rings. The average molecular weight is 223 g/mol. The van der Waals surface area contributed by atoms with Gasteiger partial charge in [-0.15, -0.1) is 0 Å². The number of benzene rings is 1. The van der Waals surface area contributed by atoms with Crippen LogP contribution in [0.3, 0.4) is 0 Å². The van der Waals surface area contributed by atoms with Crippen molar-refractivity contribution in [2.75, 3.05) is 13.1 Å². The van der Waals surface area contributed by atoms with Crippen LogP contribution < -0.4 is 5.32 Å². The van der Waals surface area contributed by atoms with Gasteiger partial charge in [0.25, 0.3) is 0 Å². The monoisotopic (exact) mass is 223 g/mol. The van der Waals surface area contributed by atoms with Gasteiger partial charge in [0, 0.05) is 0 Å². The van der Waals surface area contributed by atoms with Crippen molar-refractivity contribution in [1.29, 1.82) is 0 Å². The number of nitrogens with one attached hydrogen (secondary N) is 1. The molecule has 0 spiro atoms. The zero-order chi connectivity index (χ0) is 11.4. The SMILES string of the molecule is OC(CC1CCCNC1)c1ccc(F)cc1. The Kier molecular flexibility index (Phi) is 3.91. The van der Waals surface area contributed by atoms with E-state index in [-0.39, 0.29) is 5.82 Å². The second-order valence-corrected chi connectivity index (χ2v) is 4.52. The van der Waals surface area contributed by atoms with Crippen LogP contribution in [0.4, 0.5) is 4.39 Å². The predicted octanol–water partition coefficient (Wildman–Crippen LogP) is 2.25. The van der Waals surface area contributed by atoms with Crippen LogP contribution in [0.5, 0.6) is 0 Å². The molecule has 2 unspecified atom stereocenters. The molecule has 1 saturated heterocycles. The maximum absolute atomic E-state index is 12.7. The summed E-state index contributed by atoms with van der Waals surface area (Å²) >= 11 is 0. The second kappa shape index (κ2) is 5.41. The van der Waals surface area contributed by atoms with Crippen LogP contribution in [0.25, 0.3) is 0 Å². The lowest BCUT2D eigenvalue weighted by Crippen LogP contribution is -2.30. The molecule has 1 heterocycles. The molecule has 2 N–H and O–H groups in total. The van der Waals surface area contributed by atoms with Gasteiger partial charge in [0.2, 0.25) is 0 Å². The summed E-state index contributed by atoms with van der Waals surface area (Å²) < 4.78 is 12.7. The van der Waals surface area contributed by atoms with Crippen LogP contribution in [0.1, 0.15) is 30.9 Å². The molecule has 0 saturated carbocycles. The third-order valence-electron chi connectivity index (χ3n) is 3.21. The third-order valence-corrected chi connectivity index (χ3v) is 3.21. The second-order valence-electron chi connectivity index (χ2n) is 4.52. The van der Waals surface area contributed by atoms with Crippen LogP contribution in [0.15, 0.2) is 24.3 Å². The molecule has 1 aliphatic heterocycles. The topological polar surface area (TPSA) is 32.3 Å². The van der Waals surface area contributed by atoms with E-state index < -0.39 is 6.10 Å². The summed E-state index contributed by atoms with van der Waals surface area (Å²) in [6.45, 7) is 2.07. The lowest BCUT2D eigenvalue weighted by molar-refractivity contribution is 0.135. The van der Waals surface area contributed by atoms with Crippen molar-refractivity contribution >= 4 is 0 Å². The molecule has 16 heavy (non-hydrogen) atoms. The van der Waals surface area contributed by atoms with E-state index in [1.54, 1.807) is 12.1 Å². The summed E-state index contributed by atoms with van der Waals surface area (Å²) in [4.78, 5) is 0. The molecule has 1 aromatic carbocycles. The molecule has 2 rings (SSSR count). The van der Waals surface area contributed by atoms with Crippen LogP contribution in [-0.2, 0) is 0 Å². The largest absolute Gasteiger partial charge is 0.388 e. The molecule has 3 heteroatoms. The molecule has 0 radical (unpaired) electrons. The number of rotatable bonds is 3. The van der Waals surface area contributed by atoms with E-state index in [0.29, 0.717) is 5.92 Å². The molecule has 0 amide bonds. The van der Waals surface area contributed by atoms with Crippen molar-refractivity contribution in [1.82, 2.24) is 5.32 Å². The van der Waals surface area contributed by atoms with E-state index in [1.165, 1.54) is 25.0 Å². The van der Waals surface area contributed by atoms with Gasteiger partial charge < -0.3 is 10.4 Å². The minimum Gasteiger partial charge on any atom is -0.388 e. The number of aliphatic hydroxyl groups excluding tert-OH is 1. The smallest absolute Gasteiger partial charge is 0.123 e. The molecule has 0 aliphatic carbocycles. The Labute approximate surface area is 95.5 Å². The van der Waals surface area contributed by atoms with Gasteiger partial charge >= 0.3 is 0 Å². The highest BCUT2D eigenvalue weighted by Crippen LogP contribution is 2.25. The van der Waals surface area contributed by atoms with Crippen LogP contribution >= 0.6 is 0 Å². The first-order chi connectivity index (χ1) is 7.75. The molecular formula is C13H18FNO. The Morgan fingerprint density at radius 1 is 1.38 bits per heavy atom. The van der Waals surface area contributed by atoms with Gasteiger partial charge in [-0.05, 0) is 56.0 Å². The minimum absolute atomic E-state index is 0.254. The van der Waals surface area contributed by atoms with E-state index in [2.05, 4.69) is 5.32 Å². The minimum atomic E-state index is -0.467. The van der Waals surface area contributed by atoms with Gasteiger partial charge in [0.15, 0.2) is 0 Å². The molecule has 0 aromatic heterocycles. The predicted molar refractivity (Wildman–Crippen MR) is 61.6 cm³/mol. The summed E-state index contributed by atoms with van der Waals surface area (Å²) in [5, 5.41) is 13.3. The lowest BCUT2D eigenvalue weighted by atomic mass is 9.91. The van der Waals surface area contributed by atoms with Gasteiger partial charge in [0.05, 0.1) is 6.10 Å². The fourth-order valence-corrected chi connectivity index (χ4v) is 2.26. The zero-order valence-corrected chi connectivity index (χ0v) is 9.32. The molecule has 2 atom stereocenters. The third kappa shape index (κ3) is 3.03. The van der Waals surface area contributed by atoms with Crippen molar-refractivity contribution in [2.24, 2.45) is 5.92 Å². The average Bonchev–Trinajstić information content (AvgIpc) is 2.31. The summed E-state index contributed by atoms with van der Waals surface area (Å²) in [5.74, 6) is 0.282. The molecule has 1 fully saturated rings. The van der Waals surface area contributed by atoms with E-state index in [4.69, 9.17) is 0 Å². The van der Waals surface area contributed by atoms with Crippen molar-refractivity contribution in [3.63, 3.8) is 0 Å². The molecule has 88 valence electrons. The Bertz CT molecular complexity index is 319. The van der Waals surface area contributed by atoms with Crippen molar-refractivity contribution in [3.05, 3.63) is 35.6 Å². The fraction of sp³-hybridized carbons (Fsp3) is 0.538. The normalized spacial score (nSPS) is 23.0. The highest BCUT2D eigenvalue weighted by atomic mass is 19.1. The summed E-state index contributed by atoms with van der Waals surface area (Å²) in [6.07, 6.45) is 2.65. The molecule has 1 aliphatic rings. The molecule has 2 nitrogen and oxygen atoms in total. The van der Waals surface area contributed by atoms with Crippen LogP contribution in [0, 0.1) is 11.7 Å². The number of piperidine rings is 1. The van der Waals surface area contributed by atoms with Crippen LogP contribution in [-0.4, -0.2) is 18.2 Å². The highest BCUT2D eigenvalue weighted by molar-refractivity contribution is 5.18. The van der Waals surface area contributed by atoms with Gasteiger partial charge in [0.1, 0.15) is 5.82 Å². The zero-order valence-electron chi connectivity index (χ0n) is 9.32. The maximum Gasteiger partial charge on any atom is 0.123 e. The number of hydrogen-bond acceptors (Lipinski definition) is 2. The van der Waals surface area contributed by atoms with E-state index in [0.717, 1.165) is 25.1 Å². The molecule has 0 bridgehead atoms. The molecular weight excluding hydrogens is 205 g/mol. The number of hydrogen-bond donors (Lipinski definition) is 2. The number of aliphatic hydroxyl groups is 1. The first-order valence-electron chi connectivity index (χ1n) is 5.90. The van der Waals surface area contributed by atoms with E-state index in [1.807, 2.05) is 0 Å². The summed E-state index contributed by atoms with van der Waals surface area (Å²) in [5.41, 5.74) is 0.812. The highest BCUT2D eigenvalue weighted by Gasteiger charge is 2.18. The van der Waals surface area contributed by atoms with E-state index in [9.17, 15) is 9.50 Å². The Morgan fingerprint density at radius 2 is 2.12 bits per heavy atom. The van der Waals surface area contributed by atoms with Crippen molar-refractivity contribution < 1.29 is 9.50 Å². The van der Waals surface area contributed by atoms with Gasteiger partial charge in [-0.1, -0.05) is 12.1 Å². The van der Waals surface area contributed by atoms with Gasteiger partial charge in [-0.2, -0.15) is 0 Å². The fourth-order valence-electron chi connectivity index (χ4n) is 2.26. The maximum atomic E-state index is 12.7.